The Labute approximate surface area is 183 Å². The van der Waals surface area contributed by atoms with Crippen molar-refractivity contribution in [2.45, 2.75) is 13.3 Å². The van der Waals surface area contributed by atoms with Gasteiger partial charge in [0.1, 0.15) is 5.75 Å². The Hall–Kier alpha value is -3.39. The molecule has 0 saturated heterocycles. The van der Waals surface area contributed by atoms with Gasteiger partial charge in [-0.2, -0.15) is 0 Å². The van der Waals surface area contributed by atoms with E-state index in [9.17, 15) is 14.4 Å². The van der Waals surface area contributed by atoms with Crippen LogP contribution >= 0.6 is 0 Å². The Morgan fingerprint density at radius 3 is 2.32 bits per heavy atom. The molecule has 8 nitrogen and oxygen atoms in total. The highest BCUT2D eigenvalue weighted by atomic mass is 16.5. The highest BCUT2D eigenvalue weighted by Gasteiger charge is 2.17. The normalized spacial score (nSPS) is 10.5. The third kappa shape index (κ3) is 7.75. The summed E-state index contributed by atoms with van der Waals surface area (Å²) in [4.78, 5) is 39.9. The van der Waals surface area contributed by atoms with E-state index in [4.69, 9.17) is 4.74 Å². The summed E-state index contributed by atoms with van der Waals surface area (Å²) < 4.78 is 5.13. The summed E-state index contributed by atoms with van der Waals surface area (Å²) in [6.07, 6.45) is 0.813. The van der Waals surface area contributed by atoms with Crippen LogP contribution in [0, 0.1) is 0 Å². The summed E-state index contributed by atoms with van der Waals surface area (Å²) in [6.45, 7) is 2.01. The van der Waals surface area contributed by atoms with Crippen LogP contribution in [0.25, 0.3) is 0 Å². The molecule has 0 saturated carbocycles. The third-order valence-electron chi connectivity index (χ3n) is 4.65. The fraction of sp³-hybridized carbons (Fsp3) is 0.348. The molecule has 2 aromatic carbocycles. The standard InChI is InChI=1S/C23H30N4O4/c1-5-17-9-6-7-12-20(17)25-21(28)14-26(2)16-23(30)27(3)15-22(29)24-18-10-8-11-19(13-18)31-4/h6-13H,5,14-16H2,1-4H3,(H,24,29)(H,25,28). The Morgan fingerprint density at radius 1 is 0.903 bits per heavy atom. The molecule has 0 spiro atoms. The van der Waals surface area contributed by atoms with Crippen molar-refractivity contribution >= 4 is 29.1 Å². The van der Waals surface area contributed by atoms with E-state index in [1.54, 1.807) is 50.4 Å². The molecule has 0 aliphatic carbocycles. The van der Waals surface area contributed by atoms with E-state index in [-0.39, 0.29) is 37.4 Å². The summed E-state index contributed by atoms with van der Waals surface area (Å²) in [7, 11) is 4.79. The molecule has 0 heterocycles. The first-order valence-corrected chi connectivity index (χ1v) is 10.1. The number of nitrogens with zero attached hydrogens (tertiary/aromatic N) is 2. The van der Waals surface area contributed by atoms with Gasteiger partial charge in [-0.05, 0) is 37.2 Å². The zero-order valence-electron chi connectivity index (χ0n) is 18.5. The zero-order valence-corrected chi connectivity index (χ0v) is 18.5. The number of amides is 3. The number of ether oxygens (including phenoxy) is 1. The molecule has 0 atom stereocenters. The summed E-state index contributed by atoms with van der Waals surface area (Å²) in [5.41, 5.74) is 2.42. The Balaban J connectivity index is 1.80. The number of methoxy groups -OCH3 is 1. The molecule has 3 amide bonds. The first-order valence-electron chi connectivity index (χ1n) is 10.1. The molecule has 0 fully saturated rings. The smallest absolute Gasteiger partial charge is 0.243 e. The largest absolute Gasteiger partial charge is 0.497 e. The highest BCUT2D eigenvalue weighted by Crippen LogP contribution is 2.17. The number of carbonyl (C=O) groups excluding carboxylic acids is 3. The lowest BCUT2D eigenvalue weighted by Gasteiger charge is -2.21. The first kappa shape index (κ1) is 23.9. The number of rotatable bonds is 10. The van der Waals surface area contributed by atoms with Crippen molar-refractivity contribution in [2.24, 2.45) is 0 Å². The van der Waals surface area contributed by atoms with Crippen molar-refractivity contribution in [2.75, 3.05) is 51.5 Å². The van der Waals surface area contributed by atoms with Crippen LogP contribution in [-0.2, 0) is 20.8 Å². The monoisotopic (exact) mass is 426 g/mol. The van der Waals surface area contributed by atoms with Crippen molar-refractivity contribution in [1.29, 1.82) is 0 Å². The van der Waals surface area contributed by atoms with Crippen LogP contribution in [-0.4, -0.2) is 68.4 Å². The van der Waals surface area contributed by atoms with Crippen molar-refractivity contribution in [3.05, 3.63) is 54.1 Å². The SMILES string of the molecule is CCc1ccccc1NC(=O)CN(C)CC(=O)N(C)CC(=O)Nc1cccc(OC)c1. The van der Waals surface area contributed by atoms with Gasteiger partial charge in [0.05, 0.1) is 26.7 Å². The fourth-order valence-corrected chi connectivity index (χ4v) is 3.00. The quantitative estimate of drug-likeness (QED) is 0.608. The minimum atomic E-state index is -0.319. The van der Waals surface area contributed by atoms with Crippen LogP contribution in [0.3, 0.4) is 0 Å². The summed E-state index contributed by atoms with van der Waals surface area (Å²) >= 11 is 0. The van der Waals surface area contributed by atoms with E-state index in [1.165, 1.54) is 4.90 Å². The van der Waals surface area contributed by atoms with Crippen LogP contribution in [0.5, 0.6) is 5.75 Å². The maximum absolute atomic E-state index is 12.4. The first-order chi connectivity index (χ1) is 14.8. The van der Waals surface area contributed by atoms with Gasteiger partial charge in [-0.25, -0.2) is 0 Å². The molecular formula is C23H30N4O4. The van der Waals surface area contributed by atoms with Gasteiger partial charge in [0.2, 0.25) is 17.7 Å². The second-order valence-electron chi connectivity index (χ2n) is 7.26. The number of likely N-dealkylation sites (N-methyl/N-ethyl adjacent to an activating group) is 2. The molecule has 8 heteroatoms. The van der Waals surface area contributed by atoms with Crippen molar-refractivity contribution < 1.29 is 19.1 Å². The molecule has 31 heavy (non-hydrogen) atoms. The molecule has 0 aromatic heterocycles. The van der Waals surface area contributed by atoms with Crippen LogP contribution in [0.15, 0.2) is 48.5 Å². The molecule has 0 aliphatic heterocycles. The van der Waals surface area contributed by atoms with Crippen molar-refractivity contribution in [3.63, 3.8) is 0 Å². The number of para-hydroxylation sites is 1. The molecule has 2 aromatic rings. The molecule has 0 aliphatic rings. The predicted octanol–water partition coefficient (Wildman–Crippen LogP) is 2.22. The third-order valence-corrected chi connectivity index (χ3v) is 4.65. The topological polar surface area (TPSA) is 91.0 Å². The average molecular weight is 427 g/mol. The minimum absolute atomic E-state index is 0.0196. The van der Waals surface area contributed by atoms with E-state index in [2.05, 4.69) is 10.6 Å². The lowest BCUT2D eigenvalue weighted by molar-refractivity contribution is -0.134. The van der Waals surface area contributed by atoms with Gasteiger partial charge in [0.15, 0.2) is 0 Å². The van der Waals surface area contributed by atoms with Gasteiger partial charge in [-0.15, -0.1) is 0 Å². The molecule has 2 N–H and O–H groups in total. The maximum atomic E-state index is 12.4. The van der Waals surface area contributed by atoms with Gasteiger partial charge in [-0.1, -0.05) is 31.2 Å². The number of anilines is 2. The molecular weight excluding hydrogens is 396 g/mol. The maximum Gasteiger partial charge on any atom is 0.243 e. The van der Waals surface area contributed by atoms with Crippen LogP contribution < -0.4 is 15.4 Å². The van der Waals surface area contributed by atoms with E-state index >= 15 is 0 Å². The van der Waals surface area contributed by atoms with Gasteiger partial charge in [0, 0.05) is 24.5 Å². The predicted molar refractivity (Wildman–Crippen MR) is 121 cm³/mol. The lowest BCUT2D eigenvalue weighted by Crippen LogP contribution is -2.42. The average Bonchev–Trinajstić information content (AvgIpc) is 2.73. The van der Waals surface area contributed by atoms with Gasteiger partial charge in [-0.3, -0.25) is 19.3 Å². The highest BCUT2D eigenvalue weighted by molar-refractivity contribution is 5.95. The van der Waals surface area contributed by atoms with Gasteiger partial charge < -0.3 is 20.3 Å². The lowest BCUT2D eigenvalue weighted by atomic mass is 10.1. The number of hydrogen-bond donors (Lipinski definition) is 2. The van der Waals surface area contributed by atoms with Gasteiger partial charge in [0.25, 0.3) is 0 Å². The molecule has 0 radical (unpaired) electrons. The molecule has 0 unspecified atom stereocenters. The van der Waals surface area contributed by atoms with E-state index in [0.29, 0.717) is 11.4 Å². The summed E-state index contributed by atoms with van der Waals surface area (Å²) in [5.74, 6) is -0.149. The number of hydrogen-bond acceptors (Lipinski definition) is 5. The zero-order chi connectivity index (χ0) is 22.8. The van der Waals surface area contributed by atoms with Crippen molar-refractivity contribution in [1.82, 2.24) is 9.80 Å². The van der Waals surface area contributed by atoms with E-state index in [1.807, 2.05) is 31.2 Å². The second-order valence-corrected chi connectivity index (χ2v) is 7.26. The molecule has 2 rings (SSSR count). The Kier molecular flexibility index (Phi) is 9.02. The summed E-state index contributed by atoms with van der Waals surface area (Å²) in [5, 5.41) is 5.62. The second kappa shape index (κ2) is 11.7. The van der Waals surface area contributed by atoms with Gasteiger partial charge >= 0.3 is 0 Å². The van der Waals surface area contributed by atoms with Crippen LogP contribution in [0.2, 0.25) is 0 Å². The Morgan fingerprint density at radius 2 is 1.61 bits per heavy atom. The minimum Gasteiger partial charge on any atom is -0.497 e. The van der Waals surface area contributed by atoms with E-state index < -0.39 is 0 Å². The van der Waals surface area contributed by atoms with Crippen molar-refractivity contribution in [3.8, 4) is 5.75 Å². The molecule has 0 bridgehead atoms. The number of carbonyl (C=O) groups is 3. The number of benzene rings is 2. The Bertz CT molecular complexity index is 916. The van der Waals surface area contributed by atoms with Crippen LogP contribution in [0.4, 0.5) is 11.4 Å². The fourth-order valence-electron chi connectivity index (χ4n) is 3.00. The number of nitrogens with one attached hydrogen (secondary N) is 2. The van der Waals surface area contributed by atoms with E-state index in [0.717, 1.165) is 17.7 Å². The van der Waals surface area contributed by atoms with Crippen LogP contribution in [0.1, 0.15) is 12.5 Å². The summed E-state index contributed by atoms with van der Waals surface area (Å²) in [6, 6.07) is 14.6. The molecule has 166 valence electrons. The number of aryl methyl sites for hydroxylation is 1.